The molecular weight excluding hydrogens is 295 g/mol. The molecule has 0 saturated heterocycles. The van der Waals surface area contributed by atoms with Gasteiger partial charge in [-0.25, -0.2) is 13.4 Å². The molecule has 0 unspecified atom stereocenters. The van der Waals surface area contributed by atoms with Crippen LogP contribution in [0, 0.1) is 0 Å². The summed E-state index contributed by atoms with van der Waals surface area (Å²) in [5.74, 6) is 0.520. The molecule has 0 fully saturated rings. The molecule has 20 heavy (non-hydrogen) atoms. The predicted molar refractivity (Wildman–Crippen MR) is 65.5 cm³/mol. The first-order chi connectivity index (χ1) is 9.25. The maximum Gasteiger partial charge on any atom is 0.412 e. The molecule has 2 heterocycles. The second kappa shape index (κ2) is 5.21. The van der Waals surface area contributed by atoms with Gasteiger partial charge in [-0.1, -0.05) is 13.0 Å². The Morgan fingerprint density at radius 1 is 1.45 bits per heavy atom. The van der Waals surface area contributed by atoms with Crippen molar-refractivity contribution in [1.29, 1.82) is 0 Å². The van der Waals surface area contributed by atoms with Crippen molar-refractivity contribution in [1.82, 2.24) is 14.3 Å². The molecule has 0 aliphatic carbocycles. The topological polar surface area (TPSA) is 66.1 Å². The molecule has 0 atom stereocenters. The number of nitrogens with zero attached hydrogens (tertiary/aromatic N) is 2. The number of hydrogen-bond donors (Lipinski definition) is 1. The fraction of sp³-hybridized carbons (Fsp3) is 0.545. The van der Waals surface area contributed by atoms with Crippen LogP contribution < -0.4 is 0 Å². The Morgan fingerprint density at radius 2 is 2.15 bits per heavy atom. The first-order valence-corrected chi connectivity index (χ1v) is 7.49. The van der Waals surface area contributed by atoms with Crippen LogP contribution in [0.15, 0.2) is 22.9 Å². The lowest BCUT2D eigenvalue weighted by Gasteiger charge is -2.25. The average molecular weight is 309 g/mol. The molecule has 2 rings (SSSR count). The Labute approximate surface area is 114 Å². The lowest BCUT2D eigenvalue weighted by molar-refractivity contribution is -0.0953. The lowest BCUT2D eigenvalue weighted by atomic mass is 10.1. The third-order valence-electron chi connectivity index (χ3n) is 3.09. The molecule has 1 N–H and O–H groups in total. The summed E-state index contributed by atoms with van der Waals surface area (Å²) in [6.07, 6.45) is -2.07. The molecule has 5 nitrogen and oxygen atoms in total. The van der Waals surface area contributed by atoms with Gasteiger partial charge in [0.05, 0.1) is 6.20 Å². The summed E-state index contributed by atoms with van der Waals surface area (Å²) in [7, 11) is -3.82. The van der Waals surface area contributed by atoms with Gasteiger partial charge >= 0.3 is 6.18 Å². The van der Waals surface area contributed by atoms with Crippen LogP contribution in [-0.2, 0) is 16.4 Å². The molecule has 1 aliphatic rings. The van der Waals surface area contributed by atoms with Gasteiger partial charge in [-0.3, -0.25) is 0 Å². The molecule has 112 valence electrons. The molecule has 0 radical (unpaired) electrons. The minimum atomic E-state index is -4.39. The van der Waals surface area contributed by atoms with E-state index >= 15 is 0 Å². The van der Waals surface area contributed by atoms with Crippen molar-refractivity contribution >= 4 is 10.0 Å². The van der Waals surface area contributed by atoms with Gasteiger partial charge in [-0.15, -0.1) is 0 Å². The van der Waals surface area contributed by atoms with E-state index in [2.05, 4.69) is 9.97 Å². The Morgan fingerprint density at radius 3 is 2.60 bits per heavy atom. The van der Waals surface area contributed by atoms with E-state index in [0.717, 1.165) is 10.4 Å². The maximum absolute atomic E-state index is 12.5. The Hall–Kier alpha value is -1.35. The molecular formula is C11H14F3N3O2S. The van der Waals surface area contributed by atoms with Crippen LogP contribution in [0.2, 0.25) is 0 Å². The van der Waals surface area contributed by atoms with Crippen LogP contribution in [0.3, 0.4) is 0 Å². The zero-order chi connectivity index (χ0) is 15.0. The third kappa shape index (κ3) is 2.88. The summed E-state index contributed by atoms with van der Waals surface area (Å²) in [6.45, 7) is 1.35. The SMILES string of the molecule is CCc1ncc(S(=O)(=O)N2CC=C(C(F)(F)F)CC2)[nH]1. The van der Waals surface area contributed by atoms with Gasteiger partial charge in [0.1, 0.15) is 5.82 Å². The van der Waals surface area contributed by atoms with Gasteiger partial charge in [0.15, 0.2) is 5.03 Å². The van der Waals surface area contributed by atoms with Crippen LogP contribution in [0.5, 0.6) is 0 Å². The van der Waals surface area contributed by atoms with Gasteiger partial charge in [-0.05, 0) is 6.42 Å². The second-order valence-electron chi connectivity index (χ2n) is 4.39. The van der Waals surface area contributed by atoms with Crippen LogP contribution in [-0.4, -0.2) is 42.0 Å². The third-order valence-corrected chi connectivity index (χ3v) is 4.87. The fourth-order valence-electron chi connectivity index (χ4n) is 1.92. The predicted octanol–water partition coefficient (Wildman–Crippen LogP) is 1.86. The van der Waals surface area contributed by atoms with E-state index in [4.69, 9.17) is 0 Å². The number of hydrogen-bond acceptors (Lipinski definition) is 3. The Kier molecular flexibility index (Phi) is 3.92. The molecule has 0 spiro atoms. The number of aromatic amines is 1. The highest BCUT2D eigenvalue weighted by atomic mass is 32.2. The molecule has 0 saturated carbocycles. The van der Waals surface area contributed by atoms with E-state index in [1.165, 1.54) is 6.20 Å². The smallest absolute Gasteiger partial charge is 0.332 e. The Bertz CT molecular complexity index is 619. The number of nitrogens with one attached hydrogen (secondary N) is 1. The van der Waals surface area contributed by atoms with Crippen molar-refractivity contribution in [2.45, 2.75) is 31.0 Å². The largest absolute Gasteiger partial charge is 0.412 e. The summed E-state index contributed by atoms with van der Waals surface area (Å²) in [4.78, 5) is 6.55. The zero-order valence-corrected chi connectivity index (χ0v) is 11.6. The van der Waals surface area contributed by atoms with E-state index in [9.17, 15) is 21.6 Å². The number of aryl methyl sites for hydroxylation is 1. The monoisotopic (exact) mass is 309 g/mol. The molecule has 0 aromatic carbocycles. The van der Waals surface area contributed by atoms with E-state index in [1.54, 1.807) is 0 Å². The first-order valence-electron chi connectivity index (χ1n) is 6.05. The average Bonchev–Trinajstić information content (AvgIpc) is 2.87. The van der Waals surface area contributed by atoms with Crippen molar-refractivity contribution in [2.24, 2.45) is 0 Å². The number of sulfonamides is 1. The quantitative estimate of drug-likeness (QED) is 0.867. The number of alkyl halides is 3. The van der Waals surface area contributed by atoms with E-state index in [1.807, 2.05) is 6.92 Å². The fourth-order valence-corrected chi connectivity index (χ4v) is 3.23. The van der Waals surface area contributed by atoms with E-state index in [0.29, 0.717) is 12.2 Å². The Balaban J connectivity index is 2.19. The minimum absolute atomic E-state index is 0.0850. The molecule has 1 aromatic rings. The molecule has 1 aromatic heterocycles. The normalized spacial score (nSPS) is 18.1. The van der Waals surface area contributed by atoms with E-state index < -0.39 is 21.8 Å². The van der Waals surface area contributed by atoms with Crippen molar-refractivity contribution < 1.29 is 21.6 Å². The van der Waals surface area contributed by atoms with Crippen molar-refractivity contribution in [3.8, 4) is 0 Å². The molecule has 9 heteroatoms. The van der Waals surface area contributed by atoms with Gasteiger partial charge in [-0.2, -0.15) is 17.5 Å². The maximum atomic E-state index is 12.5. The zero-order valence-electron chi connectivity index (χ0n) is 10.7. The number of halogens is 3. The van der Waals surface area contributed by atoms with Crippen LogP contribution in [0.4, 0.5) is 13.2 Å². The minimum Gasteiger partial charge on any atom is -0.332 e. The van der Waals surface area contributed by atoms with Crippen molar-refractivity contribution in [3.63, 3.8) is 0 Å². The highest BCUT2D eigenvalue weighted by molar-refractivity contribution is 7.89. The van der Waals surface area contributed by atoms with Crippen LogP contribution in [0.25, 0.3) is 0 Å². The second-order valence-corrected chi connectivity index (χ2v) is 6.29. The summed E-state index contributed by atoms with van der Waals surface area (Å²) in [5.41, 5.74) is -0.678. The van der Waals surface area contributed by atoms with Gasteiger partial charge in [0.25, 0.3) is 10.0 Å². The summed E-state index contributed by atoms with van der Waals surface area (Å²) >= 11 is 0. The summed E-state index contributed by atoms with van der Waals surface area (Å²) < 4.78 is 62.9. The van der Waals surface area contributed by atoms with E-state index in [-0.39, 0.29) is 24.5 Å². The van der Waals surface area contributed by atoms with Gasteiger partial charge in [0, 0.05) is 25.1 Å². The van der Waals surface area contributed by atoms with Gasteiger partial charge in [0.2, 0.25) is 0 Å². The van der Waals surface area contributed by atoms with Crippen LogP contribution in [0.1, 0.15) is 19.2 Å². The highest BCUT2D eigenvalue weighted by Crippen LogP contribution is 2.31. The number of aromatic nitrogens is 2. The number of imidazole rings is 1. The first kappa shape index (κ1) is 15.0. The summed E-state index contributed by atoms with van der Waals surface area (Å²) in [5, 5.41) is -0.0850. The lowest BCUT2D eigenvalue weighted by Crippen LogP contribution is -2.36. The molecule has 1 aliphatic heterocycles. The molecule has 0 amide bonds. The standard InChI is InChI=1S/C11H14F3N3O2S/c1-2-9-15-7-10(16-9)20(18,19)17-5-3-8(4-6-17)11(12,13)14/h3,7H,2,4-6H2,1H3,(H,15,16). The van der Waals surface area contributed by atoms with Crippen molar-refractivity contribution in [3.05, 3.63) is 23.7 Å². The van der Waals surface area contributed by atoms with Crippen molar-refractivity contribution in [2.75, 3.05) is 13.1 Å². The summed E-state index contributed by atoms with van der Waals surface area (Å²) in [6, 6.07) is 0. The molecule has 0 bridgehead atoms. The highest BCUT2D eigenvalue weighted by Gasteiger charge is 2.37. The van der Waals surface area contributed by atoms with Gasteiger partial charge < -0.3 is 4.98 Å². The number of rotatable bonds is 3. The number of H-pyrrole nitrogens is 1. The van der Waals surface area contributed by atoms with Crippen LogP contribution >= 0.6 is 0 Å².